The van der Waals surface area contributed by atoms with E-state index in [1.165, 1.54) is 0 Å². The number of hydrogen-bond donors (Lipinski definition) is 0. The van der Waals surface area contributed by atoms with Gasteiger partial charge in [0.25, 0.3) is 0 Å². The zero-order valence-corrected chi connectivity index (χ0v) is 8.56. The molecular weight excluding hydrogens is 176 g/mol. The van der Waals surface area contributed by atoms with Crippen molar-refractivity contribution in [2.24, 2.45) is 0 Å². The molecule has 0 N–H and O–H groups in total. The van der Waals surface area contributed by atoms with Gasteiger partial charge in [-0.1, -0.05) is 6.92 Å². The fourth-order valence-electron chi connectivity index (χ4n) is 1.05. The van der Waals surface area contributed by atoms with Crippen molar-refractivity contribution >= 4 is 5.95 Å². The normalized spacial score (nSPS) is 9.50. The molecule has 0 bridgehead atoms. The van der Waals surface area contributed by atoms with Crippen molar-refractivity contribution in [1.29, 1.82) is 5.26 Å². The van der Waals surface area contributed by atoms with E-state index in [2.05, 4.69) is 23.0 Å². The van der Waals surface area contributed by atoms with E-state index in [1.807, 2.05) is 24.3 Å². The highest BCUT2D eigenvalue weighted by molar-refractivity contribution is 5.28. The lowest BCUT2D eigenvalue weighted by atomic mass is 10.3. The molecule has 0 aliphatic rings. The van der Waals surface area contributed by atoms with Crippen molar-refractivity contribution in [3.8, 4) is 6.07 Å². The van der Waals surface area contributed by atoms with Crippen LogP contribution in [-0.4, -0.2) is 23.6 Å². The first-order chi connectivity index (χ1) is 6.77. The molecule has 1 aromatic heterocycles. The Morgan fingerprint density at radius 1 is 1.43 bits per heavy atom. The predicted molar refractivity (Wildman–Crippen MR) is 54.9 cm³/mol. The highest BCUT2D eigenvalue weighted by Crippen LogP contribution is 2.05. The standard InChI is InChI=1S/C10H14N4/c1-3-9-7-12-10(13-8-9)14(2)6-4-5-11/h7-8H,3-4,6H2,1-2H3. The first kappa shape index (κ1) is 10.5. The van der Waals surface area contributed by atoms with Crippen LogP contribution in [0.1, 0.15) is 18.9 Å². The molecule has 0 saturated heterocycles. The molecule has 0 aliphatic heterocycles. The Morgan fingerprint density at radius 2 is 2.07 bits per heavy atom. The number of aryl methyl sites for hydroxylation is 1. The Bertz CT molecular complexity index is 312. The first-order valence-electron chi connectivity index (χ1n) is 4.67. The summed E-state index contributed by atoms with van der Waals surface area (Å²) in [7, 11) is 1.89. The van der Waals surface area contributed by atoms with Gasteiger partial charge < -0.3 is 4.90 Å². The largest absolute Gasteiger partial charge is 0.343 e. The lowest BCUT2D eigenvalue weighted by Gasteiger charge is -2.14. The summed E-state index contributed by atoms with van der Waals surface area (Å²) in [6.45, 7) is 2.74. The highest BCUT2D eigenvalue weighted by Gasteiger charge is 2.02. The number of nitriles is 1. The summed E-state index contributed by atoms with van der Waals surface area (Å²) in [5.74, 6) is 0.678. The van der Waals surface area contributed by atoms with Crippen molar-refractivity contribution in [2.45, 2.75) is 19.8 Å². The Balaban J connectivity index is 2.62. The maximum absolute atomic E-state index is 8.43. The number of hydrogen-bond acceptors (Lipinski definition) is 4. The van der Waals surface area contributed by atoms with Crippen molar-refractivity contribution in [3.63, 3.8) is 0 Å². The fourth-order valence-corrected chi connectivity index (χ4v) is 1.05. The summed E-state index contributed by atoms with van der Waals surface area (Å²) in [5, 5.41) is 8.43. The van der Waals surface area contributed by atoms with Crippen LogP contribution in [0.15, 0.2) is 12.4 Å². The Morgan fingerprint density at radius 3 is 2.57 bits per heavy atom. The number of aromatic nitrogens is 2. The molecule has 0 spiro atoms. The predicted octanol–water partition coefficient (Wildman–Crippen LogP) is 1.39. The molecule has 1 heterocycles. The number of nitrogens with zero attached hydrogens (tertiary/aromatic N) is 4. The van der Waals surface area contributed by atoms with E-state index >= 15 is 0 Å². The molecule has 1 rings (SSSR count). The van der Waals surface area contributed by atoms with Crippen LogP contribution in [-0.2, 0) is 6.42 Å². The molecule has 4 nitrogen and oxygen atoms in total. The minimum atomic E-state index is 0.495. The van der Waals surface area contributed by atoms with Gasteiger partial charge in [-0.15, -0.1) is 0 Å². The molecule has 14 heavy (non-hydrogen) atoms. The van der Waals surface area contributed by atoms with Crippen LogP contribution in [0, 0.1) is 11.3 Å². The number of rotatable bonds is 4. The average Bonchev–Trinajstić information content (AvgIpc) is 2.26. The van der Waals surface area contributed by atoms with Gasteiger partial charge in [0.2, 0.25) is 5.95 Å². The van der Waals surface area contributed by atoms with Gasteiger partial charge in [0.05, 0.1) is 12.5 Å². The van der Waals surface area contributed by atoms with Crippen molar-refractivity contribution in [1.82, 2.24) is 9.97 Å². The molecule has 0 unspecified atom stereocenters. The van der Waals surface area contributed by atoms with Crippen molar-refractivity contribution < 1.29 is 0 Å². The van der Waals surface area contributed by atoms with E-state index in [1.54, 1.807) is 0 Å². The third-order valence-electron chi connectivity index (χ3n) is 2.00. The van der Waals surface area contributed by atoms with Crippen LogP contribution in [0.3, 0.4) is 0 Å². The van der Waals surface area contributed by atoms with Gasteiger partial charge in [0, 0.05) is 26.0 Å². The van der Waals surface area contributed by atoms with Crippen molar-refractivity contribution in [3.05, 3.63) is 18.0 Å². The zero-order chi connectivity index (χ0) is 10.4. The molecule has 0 aliphatic carbocycles. The summed E-state index contributed by atoms with van der Waals surface area (Å²) in [6, 6.07) is 2.09. The van der Waals surface area contributed by atoms with Crippen LogP contribution in [0.2, 0.25) is 0 Å². The smallest absolute Gasteiger partial charge is 0.225 e. The second-order valence-electron chi connectivity index (χ2n) is 3.07. The summed E-state index contributed by atoms with van der Waals surface area (Å²) in [6.07, 6.45) is 5.09. The van der Waals surface area contributed by atoms with Crippen LogP contribution < -0.4 is 4.90 Å². The Labute approximate surface area is 84.2 Å². The fraction of sp³-hybridized carbons (Fsp3) is 0.500. The lowest BCUT2D eigenvalue weighted by Crippen LogP contribution is -2.20. The van der Waals surface area contributed by atoms with Gasteiger partial charge in [-0.05, 0) is 12.0 Å². The lowest BCUT2D eigenvalue weighted by molar-refractivity contribution is 0.852. The van der Waals surface area contributed by atoms with Crippen molar-refractivity contribution in [2.75, 3.05) is 18.5 Å². The van der Waals surface area contributed by atoms with E-state index in [4.69, 9.17) is 5.26 Å². The number of anilines is 1. The van der Waals surface area contributed by atoms with E-state index in [0.717, 1.165) is 12.0 Å². The minimum absolute atomic E-state index is 0.495. The quantitative estimate of drug-likeness (QED) is 0.720. The third-order valence-corrected chi connectivity index (χ3v) is 2.00. The minimum Gasteiger partial charge on any atom is -0.343 e. The summed E-state index contributed by atoms with van der Waals surface area (Å²) >= 11 is 0. The third kappa shape index (κ3) is 2.70. The maximum Gasteiger partial charge on any atom is 0.225 e. The topological polar surface area (TPSA) is 52.8 Å². The first-order valence-corrected chi connectivity index (χ1v) is 4.67. The van der Waals surface area contributed by atoms with Crippen LogP contribution in [0.25, 0.3) is 0 Å². The van der Waals surface area contributed by atoms with E-state index in [0.29, 0.717) is 18.9 Å². The van der Waals surface area contributed by atoms with Gasteiger partial charge in [0.15, 0.2) is 0 Å². The van der Waals surface area contributed by atoms with Gasteiger partial charge >= 0.3 is 0 Å². The molecule has 0 radical (unpaired) electrons. The monoisotopic (exact) mass is 190 g/mol. The average molecular weight is 190 g/mol. The maximum atomic E-state index is 8.43. The SMILES string of the molecule is CCc1cnc(N(C)CCC#N)nc1. The molecule has 74 valence electrons. The van der Waals surface area contributed by atoms with E-state index in [9.17, 15) is 0 Å². The molecule has 4 heteroatoms. The molecule has 0 amide bonds. The van der Waals surface area contributed by atoms with Crippen LogP contribution >= 0.6 is 0 Å². The van der Waals surface area contributed by atoms with E-state index < -0.39 is 0 Å². The van der Waals surface area contributed by atoms with Gasteiger partial charge in [-0.25, -0.2) is 9.97 Å². The zero-order valence-electron chi connectivity index (χ0n) is 8.56. The Kier molecular flexibility index (Phi) is 3.86. The Hall–Kier alpha value is -1.63. The second-order valence-corrected chi connectivity index (χ2v) is 3.07. The molecule has 1 aromatic rings. The van der Waals surface area contributed by atoms with E-state index in [-0.39, 0.29) is 0 Å². The molecule has 0 saturated carbocycles. The second kappa shape index (κ2) is 5.18. The summed E-state index contributed by atoms with van der Waals surface area (Å²) < 4.78 is 0. The molecular formula is C10H14N4. The van der Waals surface area contributed by atoms with Gasteiger partial charge in [-0.2, -0.15) is 5.26 Å². The van der Waals surface area contributed by atoms with Gasteiger partial charge in [-0.3, -0.25) is 0 Å². The summed E-state index contributed by atoms with van der Waals surface area (Å²) in [4.78, 5) is 10.3. The van der Waals surface area contributed by atoms with Crippen LogP contribution in [0.4, 0.5) is 5.95 Å². The molecule has 0 atom stereocenters. The van der Waals surface area contributed by atoms with Gasteiger partial charge in [0.1, 0.15) is 0 Å². The highest BCUT2D eigenvalue weighted by atomic mass is 15.2. The molecule has 0 fully saturated rings. The van der Waals surface area contributed by atoms with Crippen LogP contribution in [0.5, 0.6) is 0 Å². The molecule has 0 aromatic carbocycles. The summed E-state index contributed by atoms with van der Waals surface area (Å²) in [5.41, 5.74) is 1.13.